The van der Waals surface area contributed by atoms with Crippen LogP contribution in [0.3, 0.4) is 0 Å². The number of nitriles is 1. The number of benzene rings is 2. The lowest BCUT2D eigenvalue weighted by atomic mass is 10.0. The molecule has 0 radical (unpaired) electrons. The van der Waals surface area contributed by atoms with Gasteiger partial charge in [-0.1, -0.05) is 30.3 Å². The summed E-state index contributed by atoms with van der Waals surface area (Å²) >= 11 is 0. The van der Waals surface area contributed by atoms with Gasteiger partial charge < -0.3 is 19.6 Å². The summed E-state index contributed by atoms with van der Waals surface area (Å²) in [4.78, 5) is 17.5. The van der Waals surface area contributed by atoms with Crippen molar-refractivity contribution in [3.8, 4) is 23.1 Å². The lowest BCUT2D eigenvalue weighted by Crippen LogP contribution is -2.37. The third-order valence-corrected chi connectivity index (χ3v) is 5.63. The first-order valence-corrected chi connectivity index (χ1v) is 11.6. The molecule has 2 N–H and O–H groups in total. The number of rotatable bonds is 9. The van der Waals surface area contributed by atoms with Crippen molar-refractivity contribution in [1.82, 2.24) is 14.7 Å². The number of fused-ring (bicyclic) bond motifs is 1. The van der Waals surface area contributed by atoms with Gasteiger partial charge in [-0.3, -0.25) is 4.79 Å². The molecule has 0 unspecified atom stereocenters. The lowest BCUT2D eigenvalue weighted by Gasteiger charge is -2.19. The molecule has 178 valence electrons. The Kier molecular flexibility index (Phi) is 7.44. The van der Waals surface area contributed by atoms with Crippen LogP contribution < -0.4 is 10.1 Å². The predicted octanol–water partition coefficient (Wildman–Crippen LogP) is 4.38. The average Bonchev–Trinajstić information content (AvgIpc) is 3.29. The van der Waals surface area contributed by atoms with Crippen LogP contribution in [0, 0.1) is 11.3 Å². The second kappa shape index (κ2) is 10.9. The number of aliphatic hydroxyl groups is 1. The van der Waals surface area contributed by atoms with Gasteiger partial charge in [0.1, 0.15) is 17.5 Å². The summed E-state index contributed by atoms with van der Waals surface area (Å²) in [6.45, 7) is 3.71. The number of carbonyl (C=O) groups excluding carboxylic acids is 1. The molecule has 0 spiro atoms. The molecule has 2 heterocycles. The molecule has 4 rings (SSSR count). The third-order valence-electron chi connectivity index (χ3n) is 5.63. The molecule has 0 saturated heterocycles. The highest BCUT2D eigenvalue weighted by Gasteiger charge is 2.17. The van der Waals surface area contributed by atoms with Crippen LogP contribution in [0.4, 0.5) is 0 Å². The van der Waals surface area contributed by atoms with Crippen LogP contribution in [-0.4, -0.2) is 39.2 Å². The summed E-state index contributed by atoms with van der Waals surface area (Å²) in [5.74, 6) is 0.161. The topological polar surface area (TPSA) is 99.7 Å². The van der Waals surface area contributed by atoms with Crippen LogP contribution in [-0.2, 0) is 6.42 Å². The fraction of sp³-hybridized carbons (Fsp3) is 0.250. The quantitative estimate of drug-likeness (QED) is 0.380. The second-order valence-corrected chi connectivity index (χ2v) is 8.67. The van der Waals surface area contributed by atoms with Gasteiger partial charge in [-0.15, -0.1) is 0 Å². The van der Waals surface area contributed by atoms with Crippen molar-refractivity contribution in [3.05, 3.63) is 89.7 Å². The van der Waals surface area contributed by atoms with Crippen LogP contribution in [0.2, 0.25) is 0 Å². The largest absolute Gasteiger partial charge is 0.490 e. The molecular formula is C28H28N4O3. The summed E-state index contributed by atoms with van der Waals surface area (Å²) in [6, 6.07) is 20.6. The predicted molar refractivity (Wildman–Crippen MR) is 134 cm³/mol. The minimum Gasteiger partial charge on any atom is -0.490 e. The fourth-order valence-corrected chi connectivity index (χ4v) is 3.93. The molecule has 0 aliphatic carbocycles. The van der Waals surface area contributed by atoms with E-state index in [9.17, 15) is 15.2 Å². The SMILES string of the molecule is CC(C)Oc1ccc(C(=O)N[C@H](CCO)Cc2ccc(-c3cn4ccccc4n3)cc2)cc1C#N. The van der Waals surface area contributed by atoms with Gasteiger partial charge in [-0.05, 0) is 62.6 Å². The Morgan fingerprint density at radius 2 is 1.97 bits per heavy atom. The molecule has 0 aliphatic rings. The molecule has 1 amide bonds. The van der Waals surface area contributed by atoms with Crippen molar-refractivity contribution in [3.63, 3.8) is 0 Å². The number of hydrogen-bond donors (Lipinski definition) is 2. The highest BCUT2D eigenvalue weighted by Crippen LogP contribution is 2.22. The Morgan fingerprint density at radius 1 is 1.17 bits per heavy atom. The maximum atomic E-state index is 12.9. The minimum absolute atomic E-state index is 0.0467. The Morgan fingerprint density at radius 3 is 2.66 bits per heavy atom. The molecule has 2 aromatic heterocycles. The molecule has 35 heavy (non-hydrogen) atoms. The zero-order valence-electron chi connectivity index (χ0n) is 19.8. The molecule has 0 fully saturated rings. The lowest BCUT2D eigenvalue weighted by molar-refractivity contribution is 0.0930. The van der Waals surface area contributed by atoms with E-state index in [4.69, 9.17) is 4.74 Å². The number of amides is 1. The summed E-state index contributed by atoms with van der Waals surface area (Å²) in [5.41, 5.74) is 4.51. The summed E-state index contributed by atoms with van der Waals surface area (Å²) in [5, 5.41) is 22.0. The van der Waals surface area contributed by atoms with Gasteiger partial charge in [-0.2, -0.15) is 5.26 Å². The van der Waals surface area contributed by atoms with Gasteiger partial charge >= 0.3 is 0 Å². The van der Waals surface area contributed by atoms with Crippen molar-refractivity contribution in [1.29, 1.82) is 5.26 Å². The smallest absolute Gasteiger partial charge is 0.251 e. The molecule has 7 heteroatoms. The average molecular weight is 469 g/mol. The Balaban J connectivity index is 1.45. The van der Waals surface area contributed by atoms with E-state index in [2.05, 4.69) is 16.4 Å². The van der Waals surface area contributed by atoms with E-state index in [1.807, 2.05) is 73.1 Å². The summed E-state index contributed by atoms with van der Waals surface area (Å²) in [7, 11) is 0. The zero-order valence-corrected chi connectivity index (χ0v) is 19.8. The van der Waals surface area contributed by atoms with Gasteiger partial charge in [-0.25, -0.2) is 4.98 Å². The third kappa shape index (κ3) is 5.86. The van der Waals surface area contributed by atoms with E-state index >= 15 is 0 Å². The number of pyridine rings is 1. The Hall–Kier alpha value is -4.15. The Bertz CT molecular complexity index is 1320. The fourth-order valence-electron chi connectivity index (χ4n) is 3.93. The van der Waals surface area contributed by atoms with Crippen LogP contribution in [0.5, 0.6) is 5.75 Å². The molecule has 0 saturated carbocycles. The molecule has 0 aliphatic heterocycles. The molecule has 4 aromatic rings. The van der Waals surface area contributed by atoms with Crippen molar-refractivity contribution in [2.45, 2.75) is 38.8 Å². The van der Waals surface area contributed by atoms with Crippen molar-refractivity contribution < 1.29 is 14.6 Å². The first-order valence-electron chi connectivity index (χ1n) is 11.6. The number of carbonyl (C=O) groups is 1. The standard InChI is InChI=1S/C28H28N4O3/c1-19(2)35-26-11-10-22(16-23(26)17-29)28(34)30-24(12-14-33)15-20-6-8-21(9-7-20)25-18-32-13-4-3-5-27(32)31-25/h3-11,13,16,18-19,24,33H,12,14-15H2,1-2H3,(H,30,34)/t24-/m1/s1. The normalized spacial score (nSPS) is 11.9. The van der Waals surface area contributed by atoms with E-state index in [-0.39, 0.29) is 24.7 Å². The highest BCUT2D eigenvalue weighted by molar-refractivity contribution is 5.95. The molecule has 7 nitrogen and oxygen atoms in total. The zero-order chi connectivity index (χ0) is 24.8. The van der Waals surface area contributed by atoms with Crippen LogP contribution in [0.15, 0.2) is 73.1 Å². The van der Waals surface area contributed by atoms with Gasteiger partial charge in [0.15, 0.2) is 0 Å². The van der Waals surface area contributed by atoms with Gasteiger partial charge in [0, 0.05) is 36.2 Å². The molecule has 1 atom stereocenters. The monoisotopic (exact) mass is 468 g/mol. The van der Waals surface area contributed by atoms with Crippen LogP contribution >= 0.6 is 0 Å². The van der Waals surface area contributed by atoms with E-state index in [1.165, 1.54) is 6.07 Å². The summed E-state index contributed by atoms with van der Waals surface area (Å²) < 4.78 is 7.62. The maximum Gasteiger partial charge on any atom is 0.251 e. The number of hydrogen-bond acceptors (Lipinski definition) is 5. The molecule has 0 bridgehead atoms. The molecular weight excluding hydrogens is 440 g/mol. The van der Waals surface area contributed by atoms with Crippen molar-refractivity contribution in [2.75, 3.05) is 6.61 Å². The number of nitrogens with one attached hydrogen (secondary N) is 1. The van der Waals surface area contributed by atoms with Gasteiger partial charge in [0.05, 0.1) is 17.4 Å². The van der Waals surface area contributed by atoms with Gasteiger partial charge in [0.25, 0.3) is 5.91 Å². The van der Waals surface area contributed by atoms with Crippen LogP contribution in [0.1, 0.15) is 41.8 Å². The van der Waals surface area contributed by atoms with E-state index in [1.54, 1.807) is 12.1 Å². The number of imidazole rings is 1. The second-order valence-electron chi connectivity index (χ2n) is 8.67. The van der Waals surface area contributed by atoms with E-state index in [0.29, 0.717) is 29.7 Å². The molecule has 2 aromatic carbocycles. The van der Waals surface area contributed by atoms with Crippen molar-refractivity contribution in [2.24, 2.45) is 0 Å². The van der Waals surface area contributed by atoms with E-state index in [0.717, 1.165) is 22.5 Å². The number of nitrogens with zero attached hydrogens (tertiary/aromatic N) is 3. The van der Waals surface area contributed by atoms with Crippen LogP contribution in [0.25, 0.3) is 16.9 Å². The first kappa shape index (κ1) is 24.0. The summed E-state index contributed by atoms with van der Waals surface area (Å²) in [6.07, 6.45) is 4.87. The Labute approximate surface area is 204 Å². The highest BCUT2D eigenvalue weighted by atomic mass is 16.5. The first-order chi connectivity index (χ1) is 17.0. The van der Waals surface area contributed by atoms with E-state index < -0.39 is 0 Å². The number of ether oxygens (including phenoxy) is 1. The maximum absolute atomic E-state index is 12.9. The van der Waals surface area contributed by atoms with Crippen molar-refractivity contribution >= 4 is 11.6 Å². The number of aromatic nitrogens is 2. The number of aliphatic hydroxyl groups excluding tert-OH is 1. The van der Waals surface area contributed by atoms with Gasteiger partial charge in [0.2, 0.25) is 0 Å². The minimum atomic E-state index is -0.294.